The highest BCUT2D eigenvalue weighted by Gasteiger charge is 2.28. The number of amides is 1. The molecule has 0 aliphatic carbocycles. The molecule has 11 heteroatoms. The Balaban J connectivity index is 1.48. The van der Waals surface area contributed by atoms with Gasteiger partial charge in [-0.1, -0.05) is 6.07 Å². The normalized spacial score (nSPS) is 16.8. The molecule has 30 heavy (non-hydrogen) atoms. The standard InChI is InChI=1S/C19H21N3O6S2/c23-19(15-4-3-5-17(13-15)30(26,27)22-9-1-2-10-22)20-21-29(24,25)16-6-7-18-14(12-16)8-11-28-18/h3-7,12-13,21H,1-2,8-11H2,(H,20,23). The maximum atomic E-state index is 12.7. The number of nitrogens with one attached hydrogen (secondary N) is 2. The molecule has 0 atom stereocenters. The van der Waals surface area contributed by atoms with Crippen LogP contribution < -0.4 is 15.0 Å². The molecule has 0 bridgehead atoms. The maximum Gasteiger partial charge on any atom is 0.266 e. The van der Waals surface area contributed by atoms with Crippen LogP contribution in [0.1, 0.15) is 28.8 Å². The molecular weight excluding hydrogens is 430 g/mol. The summed E-state index contributed by atoms with van der Waals surface area (Å²) in [5, 5.41) is 0. The van der Waals surface area contributed by atoms with E-state index in [9.17, 15) is 21.6 Å². The van der Waals surface area contributed by atoms with Crippen molar-refractivity contribution >= 4 is 26.0 Å². The fourth-order valence-corrected chi connectivity index (χ4v) is 5.90. The third-order valence-corrected chi connectivity index (χ3v) is 8.21. The van der Waals surface area contributed by atoms with Gasteiger partial charge in [-0.25, -0.2) is 16.8 Å². The van der Waals surface area contributed by atoms with E-state index >= 15 is 0 Å². The zero-order valence-electron chi connectivity index (χ0n) is 16.0. The Bertz CT molecular complexity index is 1190. The minimum atomic E-state index is -4.00. The van der Waals surface area contributed by atoms with Gasteiger partial charge in [-0.15, -0.1) is 4.83 Å². The van der Waals surface area contributed by atoms with Crippen LogP contribution in [0.3, 0.4) is 0 Å². The zero-order chi connectivity index (χ0) is 21.4. The number of hydrazine groups is 1. The molecule has 2 N–H and O–H groups in total. The van der Waals surface area contributed by atoms with Gasteiger partial charge in [-0.05, 0) is 54.8 Å². The van der Waals surface area contributed by atoms with Crippen molar-refractivity contribution in [3.05, 3.63) is 53.6 Å². The van der Waals surface area contributed by atoms with E-state index in [0.29, 0.717) is 31.9 Å². The lowest BCUT2D eigenvalue weighted by Gasteiger charge is -2.16. The van der Waals surface area contributed by atoms with E-state index in [1.165, 1.54) is 40.7 Å². The van der Waals surface area contributed by atoms with E-state index in [1.54, 1.807) is 6.07 Å². The molecule has 4 rings (SSSR count). The number of carbonyl (C=O) groups is 1. The highest BCUT2D eigenvalue weighted by molar-refractivity contribution is 7.89. The summed E-state index contributed by atoms with van der Waals surface area (Å²) in [7, 11) is -7.68. The first kappa shape index (κ1) is 20.8. The van der Waals surface area contributed by atoms with Crippen LogP contribution in [0.5, 0.6) is 5.75 Å². The molecule has 1 saturated heterocycles. The van der Waals surface area contributed by atoms with Crippen LogP contribution in [0.25, 0.3) is 0 Å². The summed E-state index contributed by atoms with van der Waals surface area (Å²) in [6.07, 6.45) is 2.22. The monoisotopic (exact) mass is 451 g/mol. The van der Waals surface area contributed by atoms with Gasteiger partial charge in [0.15, 0.2) is 0 Å². The van der Waals surface area contributed by atoms with Crippen molar-refractivity contribution in [2.24, 2.45) is 0 Å². The second kappa shape index (κ2) is 7.99. The van der Waals surface area contributed by atoms with Crippen LogP contribution in [0.2, 0.25) is 0 Å². The highest BCUT2D eigenvalue weighted by Crippen LogP contribution is 2.27. The summed E-state index contributed by atoms with van der Waals surface area (Å²) >= 11 is 0. The zero-order valence-corrected chi connectivity index (χ0v) is 17.6. The second-order valence-corrected chi connectivity index (χ2v) is 10.7. The molecule has 1 amide bonds. The summed E-state index contributed by atoms with van der Waals surface area (Å²) in [5.74, 6) is -0.115. The van der Waals surface area contributed by atoms with E-state index < -0.39 is 26.0 Å². The number of sulfonamides is 2. The molecule has 2 heterocycles. The number of carbonyl (C=O) groups excluding carboxylic acids is 1. The van der Waals surface area contributed by atoms with Gasteiger partial charge in [0.2, 0.25) is 10.0 Å². The number of hydrogen-bond acceptors (Lipinski definition) is 6. The Labute approximate surface area is 175 Å². The molecule has 160 valence electrons. The average Bonchev–Trinajstić information content (AvgIpc) is 3.43. The first-order valence-corrected chi connectivity index (χ1v) is 12.4. The average molecular weight is 452 g/mol. The molecular formula is C19H21N3O6S2. The molecule has 2 aliphatic rings. The van der Waals surface area contributed by atoms with Crippen molar-refractivity contribution in [3.8, 4) is 5.75 Å². The van der Waals surface area contributed by atoms with Crippen LogP contribution in [0.4, 0.5) is 0 Å². The summed E-state index contributed by atoms with van der Waals surface area (Å²) < 4.78 is 57.1. The molecule has 0 radical (unpaired) electrons. The van der Waals surface area contributed by atoms with Gasteiger partial charge in [-0.3, -0.25) is 10.2 Å². The first-order valence-electron chi connectivity index (χ1n) is 9.45. The Morgan fingerprint density at radius 3 is 2.50 bits per heavy atom. The van der Waals surface area contributed by atoms with E-state index in [1.807, 2.05) is 0 Å². The smallest absolute Gasteiger partial charge is 0.266 e. The van der Waals surface area contributed by atoms with Crippen molar-refractivity contribution in [3.63, 3.8) is 0 Å². The van der Waals surface area contributed by atoms with Crippen molar-refractivity contribution in [1.29, 1.82) is 0 Å². The molecule has 1 fully saturated rings. The predicted molar refractivity (Wildman–Crippen MR) is 108 cm³/mol. The van der Waals surface area contributed by atoms with Crippen molar-refractivity contribution < 1.29 is 26.4 Å². The van der Waals surface area contributed by atoms with Gasteiger partial charge in [0, 0.05) is 25.1 Å². The van der Waals surface area contributed by atoms with Crippen LogP contribution in [0.15, 0.2) is 52.3 Å². The fourth-order valence-electron chi connectivity index (χ4n) is 3.45. The van der Waals surface area contributed by atoms with E-state index in [2.05, 4.69) is 10.3 Å². The van der Waals surface area contributed by atoms with Gasteiger partial charge < -0.3 is 4.74 Å². The molecule has 2 aromatic rings. The van der Waals surface area contributed by atoms with Crippen molar-refractivity contribution in [2.75, 3.05) is 19.7 Å². The molecule has 0 spiro atoms. The maximum absolute atomic E-state index is 12.7. The number of rotatable bonds is 6. The SMILES string of the molecule is O=C(NNS(=O)(=O)c1ccc2c(c1)CCO2)c1cccc(S(=O)(=O)N2CCCC2)c1. The van der Waals surface area contributed by atoms with Gasteiger partial charge >= 0.3 is 0 Å². The Kier molecular flexibility index (Phi) is 5.53. The number of ether oxygens (including phenoxy) is 1. The number of nitrogens with zero attached hydrogens (tertiary/aromatic N) is 1. The van der Waals surface area contributed by atoms with Crippen LogP contribution in [-0.4, -0.2) is 46.7 Å². The summed E-state index contributed by atoms with van der Waals surface area (Å²) in [6.45, 7) is 1.40. The quantitative estimate of drug-likeness (QED) is 0.633. The largest absolute Gasteiger partial charge is 0.493 e. The summed E-state index contributed by atoms with van der Waals surface area (Å²) in [5.41, 5.74) is 2.95. The van der Waals surface area contributed by atoms with Crippen molar-refractivity contribution in [2.45, 2.75) is 29.1 Å². The second-order valence-electron chi connectivity index (χ2n) is 7.07. The fraction of sp³-hybridized carbons (Fsp3) is 0.316. The lowest BCUT2D eigenvalue weighted by molar-refractivity contribution is 0.0945. The number of benzene rings is 2. The van der Waals surface area contributed by atoms with Crippen LogP contribution in [-0.2, 0) is 26.5 Å². The minimum absolute atomic E-state index is 0.00136. The van der Waals surface area contributed by atoms with Gasteiger partial charge in [-0.2, -0.15) is 4.31 Å². The van der Waals surface area contributed by atoms with Crippen LogP contribution in [0, 0.1) is 0 Å². The lowest BCUT2D eigenvalue weighted by Crippen LogP contribution is -2.41. The number of fused-ring (bicyclic) bond motifs is 1. The van der Waals surface area contributed by atoms with Crippen molar-refractivity contribution in [1.82, 2.24) is 14.6 Å². The van der Waals surface area contributed by atoms with E-state index in [4.69, 9.17) is 4.74 Å². The minimum Gasteiger partial charge on any atom is -0.493 e. The third kappa shape index (κ3) is 4.06. The molecule has 0 saturated carbocycles. The Morgan fingerprint density at radius 1 is 0.967 bits per heavy atom. The predicted octanol–water partition coefficient (Wildman–Crippen LogP) is 1.03. The molecule has 2 aliphatic heterocycles. The Hall–Kier alpha value is -2.47. The van der Waals surface area contributed by atoms with Gasteiger partial charge in [0.1, 0.15) is 5.75 Å². The molecule has 0 aromatic heterocycles. The van der Waals surface area contributed by atoms with Gasteiger partial charge in [0.05, 0.1) is 16.4 Å². The topological polar surface area (TPSA) is 122 Å². The number of hydrogen-bond donors (Lipinski definition) is 2. The third-order valence-electron chi connectivity index (χ3n) is 5.07. The summed E-state index contributed by atoms with van der Waals surface area (Å²) in [4.78, 5) is 14.5. The van der Waals surface area contributed by atoms with Crippen LogP contribution >= 0.6 is 0 Å². The van der Waals surface area contributed by atoms with E-state index in [0.717, 1.165) is 18.4 Å². The summed E-state index contributed by atoms with van der Waals surface area (Å²) in [6, 6.07) is 9.99. The molecule has 2 aromatic carbocycles. The molecule has 0 unspecified atom stereocenters. The Morgan fingerprint density at radius 2 is 1.73 bits per heavy atom. The lowest BCUT2D eigenvalue weighted by atomic mass is 10.2. The molecule has 9 nitrogen and oxygen atoms in total. The first-order chi connectivity index (χ1) is 14.3. The van der Waals surface area contributed by atoms with E-state index in [-0.39, 0.29) is 15.4 Å². The van der Waals surface area contributed by atoms with Gasteiger partial charge in [0.25, 0.3) is 15.9 Å². The highest BCUT2D eigenvalue weighted by atomic mass is 32.2.